The summed E-state index contributed by atoms with van der Waals surface area (Å²) in [5, 5.41) is 13.4. The first-order valence-corrected chi connectivity index (χ1v) is 8.23. The Morgan fingerprint density at radius 1 is 1.04 bits per heavy atom. The van der Waals surface area contributed by atoms with Crippen molar-refractivity contribution < 1.29 is 9.59 Å². The minimum atomic E-state index is -0.209. The number of hydrogen-bond acceptors (Lipinski definition) is 4. The molecule has 1 aromatic heterocycles. The topological polar surface area (TPSA) is 91.0 Å². The van der Waals surface area contributed by atoms with E-state index in [0.29, 0.717) is 23.2 Å². The smallest absolute Gasteiger partial charge is 0.255 e. The van der Waals surface area contributed by atoms with E-state index in [4.69, 9.17) is 0 Å². The van der Waals surface area contributed by atoms with Crippen molar-refractivity contribution >= 4 is 34.2 Å². The number of hydrogen-bond donors (Lipinski definition) is 2. The molecule has 0 aliphatic carbocycles. The third-order valence-corrected chi connectivity index (χ3v) is 4.34. The quantitative estimate of drug-likeness (QED) is 0.770. The summed E-state index contributed by atoms with van der Waals surface area (Å²) in [4.78, 5) is 26.2. The highest BCUT2D eigenvalue weighted by Gasteiger charge is 2.19. The van der Waals surface area contributed by atoms with E-state index >= 15 is 0 Å². The van der Waals surface area contributed by atoms with Crippen molar-refractivity contribution in [2.75, 3.05) is 16.8 Å². The van der Waals surface area contributed by atoms with Crippen LogP contribution in [-0.4, -0.2) is 33.8 Å². The van der Waals surface area contributed by atoms with Gasteiger partial charge in [0.15, 0.2) is 0 Å². The second-order valence-electron chi connectivity index (χ2n) is 6.03. The van der Waals surface area contributed by atoms with E-state index in [9.17, 15) is 9.59 Å². The molecule has 0 bridgehead atoms. The molecule has 0 atom stereocenters. The van der Waals surface area contributed by atoms with Crippen LogP contribution in [0.3, 0.4) is 0 Å². The number of nitrogens with one attached hydrogen (secondary N) is 2. The van der Waals surface area contributed by atoms with E-state index in [-0.39, 0.29) is 11.8 Å². The molecule has 2 N–H and O–H groups in total. The number of fused-ring (bicyclic) bond motifs is 1. The maximum absolute atomic E-state index is 12.4. The lowest BCUT2D eigenvalue weighted by molar-refractivity contribution is -0.119. The first kappa shape index (κ1) is 15.3. The van der Waals surface area contributed by atoms with Crippen molar-refractivity contribution in [2.24, 2.45) is 0 Å². The van der Waals surface area contributed by atoms with Gasteiger partial charge < -0.3 is 10.2 Å². The van der Waals surface area contributed by atoms with Gasteiger partial charge in [0.1, 0.15) is 11.0 Å². The molecule has 1 aliphatic heterocycles. The lowest BCUT2D eigenvalue weighted by atomic mass is 10.1. The normalized spacial score (nSPS) is 14.7. The van der Waals surface area contributed by atoms with Crippen LogP contribution in [0.15, 0.2) is 42.5 Å². The number of rotatable bonds is 3. The minimum absolute atomic E-state index is 0.143. The van der Waals surface area contributed by atoms with Gasteiger partial charge >= 0.3 is 0 Å². The zero-order valence-corrected chi connectivity index (χ0v) is 13.5. The monoisotopic (exact) mass is 335 g/mol. The van der Waals surface area contributed by atoms with E-state index < -0.39 is 0 Å². The standard InChI is InChI=1S/C18H17N5O2/c24-17-3-1-2-10-23(17)14-7-4-12(5-8-14)18(25)19-13-6-9-15-16(11-13)21-22-20-15/h4-9,11H,1-3,10H2,(H,19,25)(H,20,21,22). The molecule has 4 rings (SSSR count). The van der Waals surface area contributed by atoms with Crippen LogP contribution < -0.4 is 10.2 Å². The van der Waals surface area contributed by atoms with Gasteiger partial charge in [-0.2, -0.15) is 15.4 Å². The van der Waals surface area contributed by atoms with Gasteiger partial charge in [-0.1, -0.05) is 0 Å². The van der Waals surface area contributed by atoms with Gasteiger partial charge in [0.25, 0.3) is 5.91 Å². The number of carbonyl (C=O) groups excluding carboxylic acids is 2. The summed E-state index contributed by atoms with van der Waals surface area (Å²) in [6.07, 6.45) is 2.55. The molecule has 1 aliphatic rings. The molecule has 2 aromatic carbocycles. The summed E-state index contributed by atoms with van der Waals surface area (Å²) in [6.45, 7) is 0.738. The summed E-state index contributed by atoms with van der Waals surface area (Å²) in [5.41, 5.74) is 3.46. The Hall–Kier alpha value is -3.22. The molecule has 7 nitrogen and oxygen atoms in total. The van der Waals surface area contributed by atoms with Gasteiger partial charge in [-0.05, 0) is 55.3 Å². The van der Waals surface area contributed by atoms with Gasteiger partial charge in [0, 0.05) is 29.9 Å². The number of carbonyl (C=O) groups is 2. The lowest BCUT2D eigenvalue weighted by Gasteiger charge is -2.26. The molecule has 2 heterocycles. The fraction of sp³-hybridized carbons (Fsp3) is 0.222. The molecule has 2 amide bonds. The molecule has 126 valence electrons. The Balaban J connectivity index is 1.49. The Labute approximate surface area is 144 Å². The third-order valence-electron chi connectivity index (χ3n) is 4.34. The molecule has 7 heteroatoms. The molecule has 3 aromatic rings. The summed E-state index contributed by atoms with van der Waals surface area (Å²) in [6, 6.07) is 12.4. The summed E-state index contributed by atoms with van der Waals surface area (Å²) < 4.78 is 0. The largest absolute Gasteiger partial charge is 0.322 e. The Bertz CT molecular complexity index is 932. The van der Waals surface area contributed by atoms with E-state index in [0.717, 1.165) is 30.6 Å². The molecule has 0 unspecified atom stereocenters. The molecule has 25 heavy (non-hydrogen) atoms. The van der Waals surface area contributed by atoms with Crippen molar-refractivity contribution in [3.05, 3.63) is 48.0 Å². The van der Waals surface area contributed by atoms with Crippen molar-refractivity contribution in [3.8, 4) is 0 Å². The van der Waals surface area contributed by atoms with Crippen molar-refractivity contribution in [1.82, 2.24) is 15.4 Å². The van der Waals surface area contributed by atoms with Crippen LogP contribution in [0.25, 0.3) is 11.0 Å². The summed E-state index contributed by atoms with van der Waals surface area (Å²) in [7, 11) is 0. The number of nitrogens with zero attached hydrogens (tertiary/aromatic N) is 3. The second-order valence-corrected chi connectivity index (χ2v) is 6.03. The number of H-pyrrole nitrogens is 1. The zero-order chi connectivity index (χ0) is 17.2. The fourth-order valence-corrected chi connectivity index (χ4v) is 2.99. The highest BCUT2D eigenvalue weighted by molar-refractivity contribution is 6.05. The minimum Gasteiger partial charge on any atom is -0.322 e. The average molecular weight is 335 g/mol. The van der Waals surface area contributed by atoms with Crippen LogP contribution in [0.4, 0.5) is 11.4 Å². The number of benzene rings is 2. The van der Waals surface area contributed by atoms with Crippen molar-refractivity contribution in [2.45, 2.75) is 19.3 Å². The molecule has 0 radical (unpaired) electrons. The van der Waals surface area contributed by atoms with E-state index in [1.165, 1.54) is 0 Å². The van der Waals surface area contributed by atoms with Crippen LogP contribution in [0.2, 0.25) is 0 Å². The van der Waals surface area contributed by atoms with E-state index in [1.54, 1.807) is 35.2 Å². The molecule has 0 saturated carbocycles. The van der Waals surface area contributed by atoms with Crippen LogP contribution in [0.1, 0.15) is 29.6 Å². The van der Waals surface area contributed by atoms with Crippen LogP contribution >= 0.6 is 0 Å². The van der Waals surface area contributed by atoms with Gasteiger partial charge in [-0.3, -0.25) is 9.59 Å². The lowest BCUT2D eigenvalue weighted by Crippen LogP contribution is -2.35. The van der Waals surface area contributed by atoms with Crippen LogP contribution in [0, 0.1) is 0 Å². The summed E-state index contributed by atoms with van der Waals surface area (Å²) in [5.74, 6) is -0.0660. The van der Waals surface area contributed by atoms with Crippen LogP contribution in [0.5, 0.6) is 0 Å². The average Bonchev–Trinajstić information content (AvgIpc) is 3.10. The van der Waals surface area contributed by atoms with Crippen molar-refractivity contribution in [3.63, 3.8) is 0 Å². The second kappa shape index (κ2) is 6.35. The maximum Gasteiger partial charge on any atom is 0.255 e. The fourth-order valence-electron chi connectivity index (χ4n) is 2.99. The first-order chi connectivity index (χ1) is 12.2. The van der Waals surface area contributed by atoms with Gasteiger partial charge in [-0.25, -0.2) is 0 Å². The Morgan fingerprint density at radius 2 is 1.84 bits per heavy atom. The molecule has 1 saturated heterocycles. The third kappa shape index (κ3) is 3.08. The Kier molecular flexibility index (Phi) is 3.89. The number of anilines is 2. The maximum atomic E-state index is 12.4. The van der Waals surface area contributed by atoms with Crippen molar-refractivity contribution in [1.29, 1.82) is 0 Å². The molecule has 0 spiro atoms. The SMILES string of the molecule is O=C(Nc1ccc2n[nH]nc2c1)c1ccc(N2CCCCC2=O)cc1. The van der Waals surface area contributed by atoms with Gasteiger partial charge in [-0.15, -0.1) is 0 Å². The predicted octanol–water partition coefficient (Wildman–Crippen LogP) is 2.73. The van der Waals surface area contributed by atoms with Gasteiger partial charge in [0.05, 0.1) is 0 Å². The first-order valence-electron chi connectivity index (χ1n) is 8.23. The number of amides is 2. The zero-order valence-electron chi connectivity index (χ0n) is 13.5. The highest BCUT2D eigenvalue weighted by atomic mass is 16.2. The number of aromatic nitrogens is 3. The summed E-state index contributed by atoms with van der Waals surface area (Å²) >= 11 is 0. The Morgan fingerprint density at radius 3 is 2.64 bits per heavy atom. The molecular weight excluding hydrogens is 318 g/mol. The highest BCUT2D eigenvalue weighted by Crippen LogP contribution is 2.22. The number of aromatic amines is 1. The molecule has 1 fully saturated rings. The molecular formula is C18H17N5O2. The van der Waals surface area contributed by atoms with Gasteiger partial charge in [0.2, 0.25) is 5.91 Å². The predicted molar refractivity (Wildman–Crippen MR) is 94.5 cm³/mol. The number of piperidine rings is 1. The van der Waals surface area contributed by atoms with E-state index in [1.807, 2.05) is 12.1 Å². The van der Waals surface area contributed by atoms with E-state index in [2.05, 4.69) is 20.7 Å². The van der Waals surface area contributed by atoms with Crippen LogP contribution in [-0.2, 0) is 4.79 Å².